The molecule has 3 aromatic carbocycles. The molecule has 33 heavy (non-hydrogen) atoms. The maximum Gasteiger partial charge on any atom is 0.230 e. The Morgan fingerprint density at radius 3 is 1.67 bits per heavy atom. The summed E-state index contributed by atoms with van der Waals surface area (Å²) in [5, 5.41) is 21.1. The van der Waals surface area contributed by atoms with Crippen LogP contribution in [0.5, 0.6) is 0 Å². The molecule has 0 radical (unpaired) electrons. The molecule has 0 unspecified atom stereocenters. The molecule has 0 spiro atoms. The number of carbonyl (C=O) groups is 2. The normalized spacial score (nSPS) is 11.1. The van der Waals surface area contributed by atoms with E-state index < -0.39 is 5.82 Å². The van der Waals surface area contributed by atoms with Crippen molar-refractivity contribution >= 4 is 45.0 Å². The summed E-state index contributed by atoms with van der Waals surface area (Å²) >= 11 is 0. The number of anilines is 2. The molecule has 2 aromatic heterocycles. The third-order valence-electron chi connectivity index (χ3n) is 5.22. The van der Waals surface area contributed by atoms with Crippen molar-refractivity contribution < 1.29 is 14.0 Å². The number of hydrogen-bond donors (Lipinski definition) is 4. The number of para-hydroxylation sites is 2. The molecule has 5 aromatic rings. The van der Waals surface area contributed by atoms with Crippen molar-refractivity contribution in [2.45, 2.75) is 12.8 Å². The van der Waals surface area contributed by atoms with E-state index in [4.69, 9.17) is 0 Å². The third-order valence-corrected chi connectivity index (χ3v) is 5.22. The number of rotatable bonds is 6. The van der Waals surface area contributed by atoms with Crippen molar-refractivity contribution in [2.24, 2.45) is 0 Å². The van der Waals surface area contributed by atoms with Gasteiger partial charge in [0, 0.05) is 22.1 Å². The van der Waals surface area contributed by atoms with Crippen molar-refractivity contribution in [1.82, 2.24) is 20.4 Å². The van der Waals surface area contributed by atoms with Gasteiger partial charge in [0.05, 0.1) is 35.3 Å². The number of benzene rings is 3. The summed E-state index contributed by atoms with van der Waals surface area (Å²) in [5.74, 6) is -1.26. The van der Waals surface area contributed by atoms with E-state index in [9.17, 15) is 14.0 Å². The molecule has 0 fully saturated rings. The largest absolute Gasteiger partial charge is 0.326 e. The van der Waals surface area contributed by atoms with E-state index in [1.807, 2.05) is 48.5 Å². The molecular formula is C24H19FN6O2. The second-order valence-electron chi connectivity index (χ2n) is 7.62. The lowest BCUT2D eigenvalue weighted by Gasteiger charge is -2.09. The first kappa shape index (κ1) is 20.4. The lowest BCUT2D eigenvalue weighted by molar-refractivity contribution is -0.116. The Labute approximate surface area is 187 Å². The van der Waals surface area contributed by atoms with Crippen LogP contribution in [-0.2, 0) is 22.4 Å². The van der Waals surface area contributed by atoms with Gasteiger partial charge in [-0.3, -0.25) is 19.8 Å². The van der Waals surface area contributed by atoms with E-state index in [2.05, 4.69) is 31.0 Å². The van der Waals surface area contributed by atoms with Crippen molar-refractivity contribution in [3.63, 3.8) is 0 Å². The SMILES string of the molecule is O=C(Cc1[nH]nc2ccccc12)Nc1cc(F)cc(NC(=O)Cc2[nH]nc3ccccc23)c1. The van der Waals surface area contributed by atoms with Crippen LogP contribution in [0, 0.1) is 5.82 Å². The van der Waals surface area contributed by atoms with E-state index in [1.165, 1.54) is 18.2 Å². The monoisotopic (exact) mass is 442 g/mol. The van der Waals surface area contributed by atoms with Gasteiger partial charge in [-0.15, -0.1) is 0 Å². The van der Waals surface area contributed by atoms with E-state index >= 15 is 0 Å². The van der Waals surface area contributed by atoms with Gasteiger partial charge in [-0.05, 0) is 30.3 Å². The molecule has 5 rings (SSSR count). The molecular weight excluding hydrogens is 423 g/mol. The highest BCUT2D eigenvalue weighted by Crippen LogP contribution is 2.21. The van der Waals surface area contributed by atoms with Gasteiger partial charge >= 0.3 is 0 Å². The molecule has 4 N–H and O–H groups in total. The topological polar surface area (TPSA) is 116 Å². The van der Waals surface area contributed by atoms with Crippen LogP contribution >= 0.6 is 0 Å². The Morgan fingerprint density at radius 1 is 0.727 bits per heavy atom. The summed E-state index contributed by atoms with van der Waals surface area (Å²) in [6, 6.07) is 18.8. The number of carbonyl (C=O) groups excluding carboxylic acids is 2. The van der Waals surface area contributed by atoms with E-state index in [-0.39, 0.29) is 36.0 Å². The number of aromatic nitrogens is 4. The highest BCUT2D eigenvalue weighted by atomic mass is 19.1. The zero-order valence-corrected chi connectivity index (χ0v) is 17.4. The molecule has 0 aliphatic carbocycles. The van der Waals surface area contributed by atoms with Gasteiger partial charge in [0.25, 0.3) is 0 Å². The Kier molecular flexibility index (Phi) is 5.27. The first-order valence-corrected chi connectivity index (χ1v) is 10.3. The number of H-pyrrole nitrogens is 2. The molecule has 0 bridgehead atoms. The number of hydrogen-bond acceptors (Lipinski definition) is 4. The second-order valence-corrected chi connectivity index (χ2v) is 7.62. The fraction of sp³-hybridized carbons (Fsp3) is 0.0833. The van der Waals surface area contributed by atoms with Crippen molar-refractivity contribution in [3.8, 4) is 0 Å². The number of nitrogens with zero attached hydrogens (tertiary/aromatic N) is 2. The van der Waals surface area contributed by atoms with Crippen molar-refractivity contribution in [2.75, 3.05) is 10.6 Å². The van der Waals surface area contributed by atoms with Gasteiger partial charge in [0.1, 0.15) is 5.82 Å². The summed E-state index contributed by atoms with van der Waals surface area (Å²) < 4.78 is 14.2. The smallest absolute Gasteiger partial charge is 0.230 e. The molecule has 0 saturated carbocycles. The fourth-order valence-electron chi connectivity index (χ4n) is 3.76. The lowest BCUT2D eigenvalue weighted by atomic mass is 10.1. The summed E-state index contributed by atoms with van der Waals surface area (Å²) in [7, 11) is 0. The van der Waals surface area contributed by atoms with Gasteiger partial charge in [-0.25, -0.2) is 4.39 Å². The van der Waals surface area contributed by atoms with Gasteiger partial charge in [0.15, 0.2) is 0 Å². The van der Waals surface area contributed by atoms with Crippen LogP contribution in [-0.4, -0.2) is 32.2 Å². The molecule has 164 valence electrons. The number of amides is 2. The van der Waals surface area contributed by atoms with Crippen LogP contribution in [0.2, 0.25) is 0 Å². The van der Waals surface area contributed by atoms with E-state index in [0.717, 1.165) is 21.8 Å². The minimum atomic E-state index is -0.581. The lowest BCUT2D eigenvalue weighted by Crippen LogP contribution is -2.17. The summed E-state index contributed by atoms with van der Waals surface area (Å²) in [6.45, 7) is 0. The maximum absolute atomic E-state index is 14.2. The number of aromatic amines is 2. The van der Waals surface area contributed by atoms with Crippen LogP contribution in [0.3, 0.4) is 0 Å². The second kappa shape index (κ2) is 8.54. The molecule has 0 aliphatic heterocycles. The van der Waals surface area contributed by atoms with Gasteiger partial charge in [-0.2, -0.15) is 10.2 Å². The zero-order valence-electron chi connectivity index (χ0n) is 17.4. The van der Waals surface area contributed by atoms with Crippen LogP contribution in [0.4, 0.5) is 15.8 Å². The zero-order chi connectivity index (χ0) is 22.8. The third kappa shape index (κ3) is 4.42. The highest BCUT2D eigenvalue weighted by molar-refractivity contribution is 5.97. The Balaban J connectivity index is 1.26. The van der Waals surface area contributed by atoms with Gasteiger partial charge < -0.3 is 10.6 Å². The Hall–Kier alpha value is -4.53. The number of fused-ring (bicyclic) bond motifs is 2. The van der Waals surface area contributed by atoms with Gasteiger partial charge in [0.2, 0.25) is 11.8 Å². The van der Waals surface area contributed by atoms with Crippen molar-refractivity contribution in [3.05, 3.63) is 83.9 Å². The molecule has 8 nitrogen and oxygen atoms in total. The predicted octanol–water partition coefficient (Wildman–Crippen LogP) is 3.94. The first-order chi connectivity index (χ1) is 16.0. The van der Waals surface area contributed by atoms with Crippen molar-refractivity contribution in [1.29, 1.82) is 0 Å². The van der Waals surface area contributed by atoms with Crippen LogP contribution in [0.25, 0.3) is 21.8 Å². The average Bonchev–Trinajstić information content (AvgIpc) is 3.38. The first-order valence-electron chi connectivity index (χ1n) is 10.3. The minimum Gasteiger partial charge on any atom is -0.326 e. The molecule has 2 amide bonds. The minimum absolute atomic E-state index is 0.0472. The molecule has 9 heteroatoms. The van der Waals surface area contributed by atoms with Gasteiger partial charge in [-0.1, -0.05) is 36.4 Å². The van der Waals surface area contributed by atoms with Crippen LogP contribution < -0.4 is 10.6 Å². The van der Waals surface area contributed by atoms with Crippen LogP contribution in [0.1, 0.15) is 11.4 Å². The maximum atomic E-state index is 14.2. The average molecular weight is 442 g/mol. The van der Waals surface area contributed by atoms with Crippen LogP contribution in [0.15, 0.2) is 66.7 Å². The fourth-order valence-corrected chi connectivity index (χ4v) is 3.76. The van der Waals surface area contributed by atoms with E-state index in [0.29, 0.717) is 11.4 Å². The standard InChI is InChI=1S/C24H19FN6O2/c25-14-9-15(26-23(32)12-21-17-5-1-3-7-19(17)28-30-21)11-16(10-14)27-24(33)13-22-18-6-2-4-8-20(18)29-31-22/h1-11H,12-13H2,(H,26,32)(H,27,33)(H,28,30)(H,29,31). The summed E-state index contributed by atoms with van der Waals surface area (Å²) in [6.07, 6.45) is 0.0945. The molecule has 0 saturated heterocycles. The molecule has 0 atom stereocenters. The highest BCUT2D eigenvalue weighted by Gasteiger charge is 2.13. The number of halogens is 1. The number of nitrogens with one attached hydrogen (secondary N) is 4. The summed E-state index contributed by atoms with van der Waals surface area (Å²) in [5.41, 5.74) is 3.35. The predicted molar refractivity (Wildman–Crippen MR) is 123 cm³/mol. The quantitative estimate of drug-likeness (QED) is 0.319. The Morgan fingerprint density at radius 2 is 1.18 bits per heavy atom. The molecule has 2 heterocycles. The Bertz CT molecular complexity index is 1380. The summed E-state index contributed by atoms with van der Waals surface area (Å²) in [4.78, 5) is 25.0. The molecule has 0 aliphatic rings. The van der Waals surface area contributed by atoms with E-state index in [1.54, 1.807) is 0 Å².